The molecule has 0 aromatic heterocycles. The minimum Gasteiger partial charge on any atom is -0.456 e. The summed E-state index contributed by atoms with van der Waals surface area (Å²) in [6.07, 6.45) is 0.431. The SMILES string of the molecule is CCCCC[C@@H]1O[C@@H](Br)[C@@H](OC(C)=O)[C@H](OC(C)=O)[C@@H]1OC(C)=O. The minimum atomic E-state index is -0.931. The average molecular weight is 409 g/mol. The second kappa shape index (κ2) is 9.98. The molecule has 1 saturated heterocycles. The van der Waals surface area contributed by atoms with Crippen molar-refractivity contribution < 1.29 is 33.3 Å². The number of carbonyl (C=O) groups is 3. The topological polar surface area (TPSA) is 88.1 Å². The molecule has 0 radical (unpaired) electrons. The van der Waals surface area contributed by atoms with Crippen molar-refractivity contribution in [1.82, 2.24) is 0 Å². The Balaban J connectivity index is 3.04. The van der Waals surface area contributed by atoms with Crippen molar-refractivity contribution in [2.75, 3.05) is 0 Å². The van der Waals surface area contributed by atoms with Crippen LogP contribution in [-0.2, 0) is 33.3 Å². The van der Waals surface area contributed by atoms with E-state index < -0.39 is 47.3 Å². The van der Waals surface area contributed by atoms with Gasteiger partial charge in [-0.3, -0.25) is 14.4 Å². The van der Waals surface area contributed by atoms with Gasteiger partial charge in [0.1, 0.15) is 6.10 Å². The molecule has 7 nitrogen and oxygen atoms in total. The van der Waals surface area contributed by atoms with Gasteiger partial charge in [0, 0.05) is 20.8 Å². The third-order valence-corrected chi connectivity index (χ3v) is 4.31. The van der Waals surface area contributed by atoms with E-state index in [1.54, 1.807) is 0 Å². The van der Waals surface area contributed by atoms with E-state index >= 15 is 0 Å². The maximum Gasteiger partial charge on any atom is 0.303 e. The monoisotopic (exact) mass is 408 g/mol. The summed E-state index contributed by atoms with van der Waals surface area (Å²) < 4.78 is 21.7. The zero-order chi connectivity index (χ0) is 18.3. The fourth-order valence-corrected chi connectivity index (χ4v) is 3.36. The summed E-state index contributed by atoms with van der Waals surface area (Å²) in [7, 11) is 0. The lowest BCUT2D eigenvalue weighted by molar-refractivity contribution is -0.231. The smallest absolute Gasteiger partial charge is 0.303 e. The molecule has 0 amide bonds. The first-order chi connectivity index (χ1) is 11.3. The second-order valence-electron chi connectivity index (χ2n) is 5.74. The number of esters is 3. The Morgan fingerprint density at radius 2 is 1.38 bits per heavy atom. The van der Waals surface area contributed by atoms with Crippen molar-refractivity contribution >= 4 is 33.8 Å². The Labute approximate surface area is 150 Å². The van der Waals surface area contributed by atoms with Gasteiger partial charge in [0.25, 0.3) is 0 Å². The summed E-state index contributed by atoms with van der Waals surface area (Å²) in [6.45, 7) is 5.85. The standard InChI is InChI=1S/C16H25BrO7/c1-5-6-7-8-12-13(21-9(2)18)14(22-10(3)19)15(16(17)24-12)23-11(4)20/h12-16H,5-8H2,1-4H3/t12-,13+,14+,15-,16+/m0/s1. The van der Waals surface area contributed by atoms with Crippen molar-refractivity contribution in [1.29, 1.82) is 0 Å². The van der Waals surface area contributed by atoms with Gasteiger partial charge >= 0.3 is 17.9 Å². The van der Waals surface area contributed by atoms with Gasteiger partial charge in [-0.1, -0.05) is 42.1 Å². The first kappa shape index (κ1) is 20.9. The fourth-order valence-electron chi connectivity index (χ4n) is 2.67. The molecule has 0 aromatic rings. The predicted octanol–water partition coefficient (Wildman–Crippen LogP) is 2.48. The molecule has 0 N–H and O–H groups in total. The summed E-state index contributed by atoms with van der Waals surface area (Å²) in [5.74, 6) is -1.62. The number of unbranched alkanes of at least 4 members (excludes halogenated alkanes) is 2. The predicted molar refractivity (Wildman–Crippen MR) is 88.4 cm³/mol. The lowest BCUT2D eigenvalue weighted by Gasteiger charge is -2.43. The third-order valence-electron chi connectivity index (χ3n) is 3.58. The molecule has 24 heavy (non-hydrogen) atoms. The van der Waals surface area contributed by atoms with Crippen LogP contribution in [0.15, 0.2) is 0 Å². The molecule has 8 heteroatoms. The van der Waals surface area contributed by atoms with Gasteiger partial charge in [-0.2, -0.15) is 0 Å². The quantitative estimate of drug-likeness (QED) is 0.276. The summed E-state index contributed by atoms with van der Waals surface area (Å²) >= 11 is 3.33. The summed E-state index contributed by atoms with van der Waals surface area (Å²) in [4.78, 5) is 34.3. The lowest BCUT2D eigenvalue weighted by Crippen LogP contribution is -2.59. The molecule has 0 aliphatic carbocycles. The molecule has 0 saturated carbocycles. The number of alkyl halides is 1. The highest BCUT2D eigenvalue weighted by molar-refractivity contribution is 9.09. The minimum absolute atomic E-state index is 0.457. The Morgan fingerprint density at radius 1 is 0.875 bits per heavy atom. The van der Waals surface area contributed by atoms with E-state index in [-0.39, 0.29) is 0 Å². The molecular formula is C16H25BrO7. The lowest BCUT2D eigenvalue weighted by atomic mass is 9.95. The largest absolute Gasteiger partial charge is 0.456 e. The molecule has 1 rings (SSSR count). The van der Waals surface area contributed by atoms with Crippen molar-refractivity contribution in [2.45, 2.75) is 82.8 Å². The number of carbonyl (C=O) groups excluding carboxylic acids is 3. The Kier molecular flexibility index (Phi) is 8.69. The Bertz CT molecular complexity index is 454. The van der Waals surface area contributed by atoms with Crippen LogP contribution in [0.5, 0.6) is 0 Å². The van der Waals surface area contributed by atoms with Crippen LogP contribution in [0.25, 0.3) is 0 Å². The Morgan fingerprint density at radius 3 is 1.88 bits per heavy atom. The van der Waals surface area contributed by atoms with Crippen LogP contribution in [-0.4, -0.2) is 47.3 Å². The molecule has 1 aliphatic heterocycles. The highest BCUT2D eigenvalue weighted by atomic mass is 79.9. The molecule has 0 bridgehead atoms. The zero-order valence-corrected chi connectivity index (χ0v) is 16.0. The average Bonchev–Trinajstić information content (AvgIpc) is 2.45. The molecular weight excluding hydrogens is 384 g/mol. The molecule has 0 aromatic carbocycles. The van der Waals surface area contributed by atoms with E-state index in [0.29, 0.717) is 6.42 Å². The van der Waals surface area contributed by atoms with Gasteiger partial charge in [-0.05, 0) is 6.42 Å². The maximum absolute atomic E-state index is 11.5. The number of ether oxygens (including phenoxy) is 4. The van der Waals surface area contributed by atoms with Gasteiger partial charge in [0.05, 0.1) is 0 Å². The maximum atomic E-state index is 11.5. The van der Waals surface area contributed by atoms with E-state index in [1.165, 1.54) is 20.8 Å². The summed E-state index contributed by atoms with van der Waals surface area (Å²) in [6, 6.07) is 0. The fraction of sp³-hybridized carbons (Fsp3) is 0.812. The van der Waals surface area contributed by atoms with Crippen LogP contribution < -0.4 is 0 Å². The number of hydrogen-bond acceptors (Lipinski definition) is 7. The summed E-state index contributed by atoms with van der Waals surface area (Å²) in [5.41, 5.74) is 0. The van der Waals surface area contributed by atoms with Crippen molar-refractivity contribution in [3.63, 3.8) is 0 Å². The van der Waals surface area contributed by atoms with Crippen LogP contribution in [0, 0.1) is 0 Å². The van der Waals surface area contributed by atoms with E-state index in [0.717, 1.165) is 19.3 Å². The summed E-state index contributed by atoms with van der Waals surface area (Å²) in [5, 5.41) is -0.663. The number of halogens is 1. The first-order valence-electron chi connectivity index (χ1n) is 8.07. The van der Waals surface area contributed by atoms with Crippen LogP contribution in [0.2, 0.25) is 0 Å². The van der Waals surface area contributed by atoms with E-state index in [1.807, 2.05) is 0 Å². The molecule has 5 atom stereocenters. The van der Waals surface area contributed by atoms with Gasteiger partial charge in [0.15, 0.2) is 23.3 Å². The highest BCUT2D eigenvalue weighted by Crippen LogP contribution is 2.33. The zero-order valence-electron chi connectivity index (χ0n) is 14.5. The number of rotatable bonds is 7. The number of hydrogen-bond donors (Lipinski definition) is 0. The van der Waals surface area contributed by atoms with Crippen LogP contribution in [0.1, 0.15) is 53.4 Å². The molecule has 1 heterocycles. The third kappa shape index (κ3) is 6.39. The second-order valence-corrected chi connectivity index (χ2v) is 6.65. The molecule has 1 fully saturated rings. The molecule has 1 aliphatic rings. The van der Waals surface area contributed by atoms with Crippen LogP contribution in [0.3, 0.4) is 0 Å². The van der Waals surface area contributed by atoms with Crippen LogP contribution >= 0.6 is 15.9 Å². The van der Waals surface area contributed by atoms with Crippen molar-refractivity contribution in [3.8, 4) is 0 Å². The van der Waals surface area contributed by atoms with E-state index in [4.69, 9.17) is 18.9 Å². The van der Waals surface area contributed by atoms with Crippen molar-refractivity contribution in [2.24, 2.45) is 0 Å². The van der Waals surface area contributed by atoms with Gasteiger partial charge in [0.2, 0.25) is 0 Å². The highest BCUT2D eigenvalue weighted by Gasteiger charge is 2.50. The van der Waals surface area contributed by atoms with E-state index in [2.05, 4.69) is 22.9 Å². The first-order valence-corrected chi connectivity index (χ1v) is 8.99. The molecule has 0 unspecified atom stereocenters. The van der Waals surface area contributed by atoms with Crippen molar-refractivity contribution in [3.05, 3.63) is 0 Å². The van der Waals surface area contributed by atoms with Gasteiger partial charge in [-0.25, -0.2) is 0 Å². The molecule has 138 valence electrons. The van der Waals surface area contributed by atoms with E-state index in [9.17, 15) is 14.4 Å². The normalized spacial score (nSPS) is 29.6. The van der Waals surface area contributed by atoms with Crippen LogP contribution in [0.4, 0.5) is 0 Å². The molecule has 0 spiro atoms. The van der Waals surface area contributed by atoms with Gasteiger partial charge in [-0.15, -0.1) is 0 Å². The van der Waals surface area contributed by atoms with Gasteiger partial charge < -0.3 is 18.9 Å². The Hall–Kier alpha value is -1.15.